The first kappa shape index (κ1) is 50.8. The summed E-state index contributed by atoms with van der Waals surface area (Å²) in [6.45, 7) is 10.3. The molecule has 1 rings (SSSR count). The Hall–Kier alpha value is -1.18. The smallest absolute Gasteiger partial charge is 0.123 e. The number of ether oxygens (including phenoxy) is 2. The molecule has 0 saturated heterocycles. The van der Waals surface area contributed by atoms with Gasteiger partial charge in [-0.1, -0.05) is 258 Å². The summed E-state index contributed by atoms with van der Waals surface area (Å²) in [7, 11) is 0. The van der Waals surface area contributed by atoms with Crippen LogP contribution >= 0.6 is 0 Å². The quantitative estimate of drug-likeness (QED) is 0.0618. The second kappa shape index (κ2) is 43.0. The third kappa shape index (κ3) is 36.5. The topological polar surface area (TPSA) is 18.5 Å². The molecule has 0 spiro atoms. The fraction of sp³-hybridized carbons (Fsp3) is 0.865. The van der Waals surface area contributed by atoms with Gasteiger partial charge in [-0.05, 0) is 43.9 Å². The molecule has 0 bridgehead atoms. The Balaban J connectivity index is 1.89. The van der Waals surface area contributed by atoms with Crippen LogP contribution in [0.1, 0.15) is 276 Å². The van der Waals surface area contributed by atoms with Gasteiger partial charge in [0.05, 0.1) is 13.2 Å². The molecule has 54 heavy (non-hydrogen) atoms. The minimum Gasteiger partial charge on any atom is -0.493 e. The van der Waals surface area contributed by atoms with E-state index in [1.165, 1.54) is 250 Å². The summed E-state index contributed by atoms with van der Waals surface area (Å²) in [5, 5.41) is 0. The van der Waals surface area contributed by atoms with E-state index in [2.05, 4.69) is 39.0 Å². The largest absolute Gasteiger partial charge is 0.493 e. The highest BCUT2D eigenvalue weighted by Crippen LogP contribution is 2.25. The van der Waals surface area contributed by atoms with Gasteiger partial charge in [0, 0.05) is 6.07 Å². The van der Waals surface area contributed by atoms with Gasteiger partial charge in [-0.2, -0.15) is 0 Å². The zero-order chi connectivity index (χ0) is 38.7. The van der Waals surface area contributed by atoms with Gasteiger partial charge in [-0.15, -0.1) is 0 Å². The third-order valence-electron chi connectivity index (χ3n) is 11.8. The van der Waals surface area contributed by atoms with Crippen LogP contribution < -0.4 is 9.47 Å². The molecule has 2 nitrogen and oxygen atoms in total. The second-order valence-electron chi connectivity index (χ2n) is 17.2. The molecule has 0 unspecified atom stereocenters. The van der Waals surface area contributed by atoms with Crippen LogP contribution in [-0.2, 0) is 6.42 Å². The first-order chi connectivity index (χ1) is 26.8. The lowest BCUT2D eigenvalue weighted by molar-refractivity contribution is 0.289. The van der Waals surface area contributed by atoms with Gasteiger partial charge in [0.15, 0.2) is 0 Å². The molecule has 0 aliphatic rings. The first-order valence-electron chi connectivity index (χ1n) is 25.0. The Morgan fingerprint density at radius 3 is 0.704 bits per heavy atom. The molecule has 1 radical (unpaired) electrons. The third-order valence-corrected chi connectivity index (χ3v) is 11.8. The summed E-state index contributed by atoms with van der Waals surface area (Å²) in [5.74, 6) is 1.90. The summed E-state index contributed by atoms with van der Waals surface area (Å²) in [4.78, 5) is 0. The molecule has 317 valence electrons. The van der Waals surface area contributed by atoms with E-state index < -0.39 is 0 Å². The van der Waals surface area contributed by atoms with Gasteiger partial charge in [-0.3, -0.25) is 0 Å². The fourth-order valence-corrected chi connectivity index (χ4v) is 8.04. The number of hydrogen-bond acceptors (Lipinski definition) is 2. The van der Waals surface area contributed by atoms with Crippen LogP contribution in [0.2, 0.25) is 0 Å². The van der Waals surface area contributed by atoms with Crippen molar-refractivity contribution in [3.63, 3.8) is 0 Å². The molecular formula is C52H97O2. The minimum atomic E-state index is 0.770. The maximum atomic E-state index is 6.17. The SMILES string of the molecule is [CH2]Cc1cc(OCCCCCCCCCCCCCCCCCCCCCC)cc(OCCCCCCCCCCCCCCCCCCCCCC)c1. The molecule has 0 atom stereocenters. The molecule has 0 N–H and O–H groups in total. The van der Waals surface area contributed by atoms with E-state index in [1.54, 1.807) is 0 Å². The number of unbranched alkanes of at least 4 members (excludes halogenated alkanes) is 38. The lowest BCUT2D eigenvalue weighted by Crippen LogP contribution is -2.01. The van der Waals surface area contributed by atoms with E-state index in [0.29, 0.717) is 0 Å². The molecule has 0 heterocycles. The predicted molar refractivity (Wildman–Crippen MR) is 243 cm³/mol. The van der Waals surface area contributed by atoms with Gasteiger partial charge in [-0.25, -0.2) is 0 Å². The van der Waals surface area contributed by atoms with Gasteiger partial charge >= 0.3 is 0 Å². The van der Waals surface area contributed by atoms with Crippen molar-refractivity contribution in [2.75, 3.05) is 13.2 Å². The Bertz CT molecular complexity index is 785. The van der Waals surface area contributed by atoms with Gasteiger partial charge in [0.2, 0.25) is 0 Å². The molecule has 2 heteroatoms. The maximum Gasteiger partial charge on any atom is 0.123 e. The zero-order valence-corrected chi connectivity index (χ0v) is 37.2. The van der Waals surface area contributed by atoms with Crippen LogP contribution in [0.15, 0.2) is 18.2 Å². The van der Waals surface area contributed by atoms with E-state index in [0.717, 1.165) is 44.0 Å². The van der Waals surface area contributed by atoms with Crippen LogP contribution in [0.4, 0.5) is 0 Å². The lowest BCUT2D eigenvalue weighted by atomic mass is 10.0. The van der Waals surface area contributed by atoms with Crippen molar-refractivity contribution in [2.45, 2.75) is 277 Å². The molecule has 0 amide bonds. The highest BCUT2D eigenvalue weighted by Gasteiger charge is 2.04. The van der Waals surface area contributed by atoms with Crippen molar-refractivity contribution >= 4 is 0 Å². The monoisotopic (exact) mass is 754 g/mol. The Morgan fingerprint density at radius 2 is 0.500 bits per heavy atom. The van der Waals surface area contributed by atoms with Crippen molar-refractivity contribution in [1.29, 1.82) is 0 Å². The van der Waals surface area contributed by atoms with Crippen molar-refractivity contribution in [3.05, 3.63) is 30.7 Å². The molecule has 0 fully saturated rings. The average molecular weight is 754 g/mol. The summed E-state index contributed by atoms with van der Waals surface area (Å²) >= 11 is 0. The highest BCUT2D eigenvalue weighted by atomic mass is 16.5. The van der Waals surface area contributed by atoms with E-state index >= 15 is 0 Å². The summed E-state index contributed by atoms with van der Waals surface area (Å²) in [6.07, 6.45) is 57.3. The zero-order valence-electron chi connectivity index (χ0n) is 37.2. The van der Waals surface area contributed by atoms with Crippen molar-refractivity contribution < 1.29 is 9.47 Å². The van der Waals surface area contributed by atoms with Crippen molar-refractivity contribution in [2.24, 2.45) is 0 Å². The van der Waals surface area contributed by atoms with E-state index in [1.807, 2.05) is 0 Å². The summed E-state index contributed by atoms with van der Waals surface area (Å²) in [6, 6.07) is 6.38. The number of benzene rings is 1. The van der Waals surface area contributed by atoms with E-state index in [4.69, 9.17) is 9.47 Å². The highest BCUT2D eigenvalue weighted by molar-refractivity contribution is 5.38. The molecule has 1 aromatic rings. The Kier molecular flexibility index (Phi) is 40.4. The van der Waals surface area contributed by atoms with Crippen molar-refractivity contribution in [3.8, 4) is 11.5 Å². The number of hydrogen-bond donors (Lipinski definition) is 0. The van der Waals surface area contributed by atoms with E-state index in [-0.39, 0.29) is 0 Å². The predicted octanol–water partition coefficient (Wildman–Crippen LogP) is 18.5. The second-order valence-corrected chi connectivity index (χ2v) is 17.2. The van der Waals surface area contributed by atoms with Crippen LogP contribution in [0.5, 0.6) is 11.5 Å². The standard InChI is InChI=1S/C52H97O2/c1-4-7-9-11-13-15-17-19-21-23-25-27-29-31-33-35-37-39-41-43-45-53-51-47-50(6-3)48-52(49-51)54-46-44-42-40-38-36-34-32-30-28-26-24-22-20-18-16-14-12-10-8-5-2/h47-49H,3-46H2,1-2H3. The molecule has 0 saturated carbocycles. The van der Waals surface area contributed by atoms with Gasteiger partial charge in [0.1, 0.15) is 11.5 Å². The number of rotatable bonds is 45. The normalized spacial score (nSPS) is 11.5. The molecule has 0 aliphatic carbocycles. The molecule has 0 aromatic heterocycles. The van der Waals surface area contributed by atoms with Crippen LogP contribution in [0, 0.1) is 6.92 Å². The van der Waals surface area contributed by atoms with Crippen LogP contribution in [0.25, 0.3) is 0 Å². The fourth-order valence-electron chi connectivity index (χ4n) is 8.04. The Morgan fingerprint density at radius 1 is 0.296 bits per heavy atom. The minimum absolute atomic E-state index is 0.770. The lowest BCUT2D eigenvalue weighted by Gasteiger charge is -2.12. The van der Waals surface area contributed by atoms with Crippen molar-refractivity contribution in [1.82, 2.24) is 0 Å². The van der Waals surface area contributed by atoms with Gasteiger partial charge in [0.25, 0.3) is 0 Å². The first-order valence-corrected chi connectivity index (χ1v) is 25.0. The van der Waals surface area contributed by atoms with Gasteiger partial charge < -0.3 is 9.47 Å². The molecule has 0 aliphatic heterocycles. The van der Waals surface area contributed by atoms with Crippen LogP contribution in [-0.4, -0.2) is 13.2 Å². The maximum absolute atomic E-state index is 6.17. The van der Waals surface area contributed by atoms with E-state index in [9.17, 15) is 0 Å². The molecule has 1 aromatic carbocycles. The summed E-state index contributed by atoms with van der Waals surface area (Å²) in [5.41, 5.74) is 1.20. The average Bonchev–Trinajstić information content (AvgIpc) is 3.19. The van der Waals surface area contributed by atoms with Crippen LogP contribution in [0.3, 0.4) is 0 Å². The summed E-state index contributed by atoms with van der Waals surface area (Å²) < 4.78 is 12.3. The molecular weight excluding hydrogens is 657 g/mol. The Labute approximate surface area is 340 Å².